The molecule has 0 aliphatic heterocycles. The molecular weight excluding hydrogens is 387 g/mol. The van der Waals surface area contributed by atoms with Crippen molar-refractivity contribution in [2.45, 2.75) is 66.6 Å². The summed E-state index contributed by atoms with van der Waals surface area (Å²) in [7, 11) is 0.314. The van der Waals surface area contributed by atoms with E-state index in [0.29, 0.717) is 7.48 Å². The van der Waals surface area contributed by atoms with Crippen molar-refractivity contribution in [1.29, 1.82) is 0 Å². The van der Waals surface area contributed by atoms with Crippen molar-refractivity contribution in [3.63, 3.8) is 0 Å². The molecule has 0 unspecified atom stereocenters. The summed E-state index contributed by atoms with van der Waals surface area (Å²) in [5, 5.41) is 10.4. The SMILES string of the molecule is Cc1cc(-c2cc(BOC(C)(C)C(C)(C)O)oc2-c2cc(C)sc2C)c(C)s1. The Hall–Kier alpha value is -1.34. The average Bonchev–Trinajstić information content (AvgIpc) is 3.21. The highest BCUT2D eigenvalue weighted by molar-refractivity contribution is 7.12. The molecule has 0 atom stereocenters. The summed E-state index contributed by atoms with van der Waals surface area (Å²) in [5.74, 6) is 0.905. The van der Waals surface area contributed by atoms with Crippen LogP contribution in [-0.4, -0.2) is 23.8 Å². The van der Waals surface area contributed by atoms with Crippen molar-refractivity contribution in [3.8, 4) is 22.5 Å². The molecule has 28 heavy (non-hydrogen) atoms. The molecule has 3 rings (SSSR count). The third kappa shape index (κ3) is 4.15. The lowest BCUT2D eigenvalue weighted by Crippen LogP contribution is -2.49. The summed E-state index contributed by atoms with van der Waals surface area (Å²) >= 11 is 3.59. The molecule has 150 valence electrons. The zero-order valence-electron chi connectivity index (χ0n) is 18.0. The van der Waals surface area contributed by atoms with Crippen LogP contribution in [0, 0.1) is 27.7 Å². The Balaban J connectivity index is 2.04. The predicted octanol–water partition coefficient (Wildman–Crippen LogP) is 5.51. The largest absolute Gasteiger partial charge is 0.468 e. The van der Waals surface area contributed by atoms with Gasteiger partial charge in [-0.05, 0) is 79.2 Å². The highest BCUT2D eigenvalue weighted by atomic mass is 32.1. The molecule has 6 heteroatoms. The Morgan fingerprint density at radius 1 is 0.857 bits per heavy atom. The quantitative estimate of drug-likeness (QED) is 0.539. The molecule has 0 radical (unpaired) electrons. The van der Waals surface area contributed by atoms with Crippen LogP contribution in [0.25, 0.3) is 22.5 Å². The Labute approximate surface area is 176 Å². The van der Waals surface area contributed by atoms with E-state index in [-0.39, 0.29) is 0 Å². The number of thiophene rings is 2. The van der Waals surface area contributed by atoms with Crippen LogP contribution in [0.2, 0.25) is 0 Å². The lowest BCUT2D eigenvalue weighted by molar-refractivity contribution is -0.0895. The third-order valence-electron chi connectivity index (χ3n) is 5.45. The molecule has 3 aromatic rings. The van der Waals surface area contributed by atoms with Gasteiger partial charge in [0.1, 0.15) is 5.76 Å². The van der Waals surface area contributed by atoms with Crippen LogP contribution in [0.4, 0.5) is 0 Å². The average molecular weight is 416 g/mol. The van der Waals surface area contributed by atoms with Gasteiger partial charge in [-0.15, -0.1) is 22.7 Å². The highest BCUT2D eigenvalue weighted by Gasteiger charge is 2.36. The summed E-state index contributed by atoms with van der Waals surface area (Å²) in [4.78, 5) is 5.10. The van der Waals surface area contributed by atoms with E-state index in [0.717, 1.165) is 22.5 Å². The smallest absolute Gasteiger partial charge is 0.351 e. The molecule has 3 aromatic heterocycles. The van der Waals surface area contributed by atoms with Crippen molar-refractivity contribution < 1.29 is 14.2 Å². The first-order valence-corrected chi connectivity index (χ1v) is 11.2. The molecule has 0 saturated heterocycles. The van der Waals surface area contributed by atoms with Crippen molar-refractivity contribution >= 4 is 35.8 Å². The topological polar surface area (TPSA) is 42.6 Å². The number of rotatable bonds is 6. The van der Waals surface area contributed by atoms with Gasteiger partial charge in [-0.1, -0.05) is 0 Å². The van der Waals surface area contributed by atoms with Crippen LogP contribution in [0.3, 0.4) is 0 Å². The molecule has 0 amide bonds. The van der Waals surface area contributed by atoms with Crippen LogP contribution in [0.5, 0.6) is 0 Å². The summed E-state index contributed by atoms with van der Waals surface area (Å²) in [6, 6.07) is 6.52. The number of hydrogen-bond donors (Lipinski definition) is 1. The second kappa shape index (κ2) is 7.49. The van der Waals surface area contributed by atoms with Gasteiger partial charge in [0.05, 0.1) is 16.9 Å². The number of aliphatic hydroxyl groups is 1. The Bertz CT molecular complexity index is 922. The molecule has 0 saturated carbocycles. The minimum absolute atomic E-state index is 0.314. The molecule has 1 N–H and O–H groups in total. The summed E-state index contributed by atoms with van der Waals surface area (Å²) in [6.45, 7) is 15.9. The summed E-state index contributed by atoms with van der Waals surface area (Å²) < 4.78 is 12.4. The van der Waals surface area contributed by atoms with Gasteiger partial charge in [0.15, 0.2) is 0 Å². The number of aryl methyl sites for hydroxylation is 4. The van der Waals surface area contributed by atoms with Gasteiger partial charge in [-0.2, -0.15) is 0 Å². The van der Waals surface area contributed by atoms with E-state index in [2.05, 4.69) is 45.9 Å². The van der Waals surface area contributed by atoms with E-state index in [1.165, 1.54) is 25.1 Å². The lowest BCUT2D eigenvalue weighted by Gasteiger charge is -2.37. The van der Waals surface area contributed by atoms with E-state index in [1.807, 2.05) is 13.8 Å². The second-order valence-electron chi connectivity index (χ2n) is 8.47. The Kier molecular flexibility index (Phi) is 5.72. The molecule has 0 spiro atoms. The maximum atomic E-state index is 10.4. The standard InChI is InChI=1S/C22H29BO3S2/c1-12-9-16(14(3)27-12)18-11-19(23-26-22(7,8)21(5,6)24)25-20(18)17-10-13(2)28-15(17)4/h9-11,23-24H,1-8H3. The summed E-state index contributed by atoms with van der Waals surface area (Å²) in [6.07, 6.45) is 0. The first-order chi connectivity index (χ1) is 12.9. The molecule has 0 aromatic carbocycles. The van der Waals surface area contributed by atoms with Crippen LogP contribution in [0.1, 0.15) is 47.2 Å². The van der Waals surface area contributed by atoms with Crippen molar-refractivity contribution in [2.24, 2.45) is 0 Å². The molecule has 0 aliphatic rings. The Morgan fingerprint density at radius 3 is 1.86 bits per heavy atom. The molecule has 0 bridgehead atoms. The highest BCUT2D eigenvalue weighted by Crippen LogP contribution is 2.40. The normalized spacial score (nSPS) is 12.6. The van der Waals surface area contributed by atoms with Crippen molar-refractivity contribution in [1.82, 2.24) is 0 Å². The predicted molar refractivity (Wildman–Crippen MR) is 123 cm³/mol. The molecular formula is C22H29BO3S2. The van der Waals surface area contributed by atoms with Gasteiger partial charge in [0, 0.05) is 30.6 Å². The second-order valence-corrected chi connectivity index (χ2v) is 11.4. The molecule has 3 heterocycles. The molecule has 0 fully saturated rings. The number of furan rings is 1. The van der Waals surface area contributed by atoms with E-state index in [1.54, 1.807) is 36.5 Å². The van der Waals surface area contributed by atoms with E-state index in [4.69, 9.17) is 9.07 Å². The fraction of sp³-hybridized carbons (Fsp3) is 0.455. The van der Waals surface area contributed by atoms with Gasteiger partial charge >= 0.3 is 7.48 Å². The van der Waals surface area contributed by atoms with Gasteiger partial charge in [-0.3, -0.25) is 0 Å². The monoisotopic (exact) mass is 416 g/mol. The van der Waals surface area contributed by atoms with Gasteiger partial charge < -0.3 is 14.2 Å². The maximum absolute atomic E-state index is 10.4. The number of hydrogen-bond acceptors (Lipinski definition) is 5. The molecule has 3 nitrogen and oxygen atoms in total. The van der Waals surface area contributed by atoms with Crippen molar-refractivity contribution in [2.75, 3.05) is 0 Å². The Morgan fingerprint density at radius 2 is 1.39 bits per heavy atom. The zero-order valence-corrected chi connectivity index (χ0v) is 19.7. The van der Waals surface area contributed by atoms with Gasteiger partial charge in [0.25, 0.3) is 0 Å². The first-order valence-electron chi connectivity index (χ1n) is 9.53. The molecule has 0 aliphatic carbocycles. The maximum Gasteiger partial charge on any atom is 0.351 e. The van der Waals surface area contributed by atoms with Crippen LogP contribution in [-0.2, 0) is 4.65 Å². The van der Waals surface area contributed by atoms with Crippen molar-refractivity contribution in [3.05, 3.63) is 37.7 Å². The van der Waals surface area contributed by atoms with Gasteiger partial charge in [0.2, 0.25) is 0 Å². The van der Waals surface area contributed by atoms with E-state index < -0.39 is 11.2 Å². The minimum Gasteiger partial charge on any atom is -0.468 e. The van der Waals surface area contributed by atoms with Gasteiger partial charge in [-0.25, -0.2) is 0 Å². The zero-order chi connectivity index (χ0) is 20.9. The summed E-state index contributed by atoms with van der Waals surface area (Å²) in [5.41, 5.74) is 2.61. The van der Waals surface area contributed by atoms with Crippen LogP contribution in [0.15, 0.2) is 22.6 Å². The fourth-order valence-electron chi connectivity index (χ4n) is 3.10. The third-order valence-corrected chi connectivity index (χ3v) is 7.38. The fourth-order valence-corrected chi connectivity index (χ4v) is 4.96. The first kappa shape index (κ1) is 21.4. The lowest BCUT2D eigenvalue weighted by atomic mass is 9.85. The van der Waals surface area contributed by atoms with E-state index >= 15 is 0 Å². The van der Waals surface area contributed by atoms with Crippen LogP contribution >= 0.6 is 22.7 Å². The van der Waals surface area contributed by atoms with Crippen LogP contribution < -0.4 is 5.66 Å². The van der Waals surface area contributed by atoms with E-state index in [9.17, 15) is 5.11 Å². The minimum atomic E-state index is -0.951.